The predicted octanol–water partition coefficient (Wildman–Crippen LogP) is 5.00. The van der Waals surface area contributed by atoms with Crippen molar-refractivity contribution in [2.24, 2.45) is 0 Å². The Morgan fingerprint density at radius 3 is 2.52 bits per heavy atom. The third kappa shape index (κ3) is 5.66. The number of rotatable bonds is 8. The van der Waals surface area contributed by atoms with Gasteiger partial charge in [-0.25, -0.2) is 0 Å². The number of thioether (sulfide) groups is 1. The van der Waals surface area contributed by atoms with Gasteiger partial charge in [0, 0.05) is 29.2 Å². The van der Waals surface area contributed by atoms with E-state index in [9.17, 15) is 9.90 Å². The summed E-state index contributed by atoms with van der Waals surface area (Å²) in [6.45, 7) is 2.79. The first kappa shape index (κ1) is 19.1. The van der Waals surface area contributed by atoms with Gasteiger partial charge in [0.05, 0.1) is 12.8 Å². The number of hydrogen-bond donors (Lipinski definition) is 1. The van der Waals surface area contributed by atoms with E-state index >= 15 is 0 Å². The third-order valence-electron chi connectivity index (χ3n) is 4.24. The smallest absolute Gasteiger partial charge is 0.224 e. The number of phenolic OH excluding ortho intramolecular Hbond substituents is 1. The molecule has 0 saturated heterocycles. The van der Waals surface area contributed by atoms with E-state index in [0.717, 1.165) is 16.2 Å². The molecule has 3 aromatic rings. The molecule has 0 fully saturated rings. The molecule has 1 amide bonds. The van der Waals surface area contributed by atoms with Crippen LogP contribution in [-0.2, 0) is 17.9 Å². The standard InChI is InChI=1S/C22H23NO3S/c1-17-8-10-20(11-9-17)27-14-12-22(25)23(16-19-6-4-13-26-19)15-18-5-2-3-7-21(18)24/h2-11,13,24H,12,14-16H2,1H3. The minimum absolute atomic E-state index is 0.0364. The number of benzene rings is 2. The summed E-state index contributed by atoms with van der Waals surface area (Å²) in [5, 5.41) is 10.0. The summed E-state index contributed by atoms with van der Waals surface area (Å²) in [6.07, 6.45) is 2.03. The Hall–Kier alpha value is -2.66. The molecule has 0 aliphatic heterocycles. The Kier molecular flexibility index (Phi) is 6.60. The van der Waals surface area contributed by atoms with Crippen LogP contribution in [0.25, 0.3) is 0 Å². The van der Waals surface area contributed by atoms with Gasteiger partial charge in [0.2, 0.25) is 5.91 Å². The third-order valence-corrected chi connectivity index (χ3v) is 5.25. The van der Waals surface area contributed by atoms with Crippen molar-refractivity contribution < 1.29 is 14.3 Å². The minimum atomic E-state index is 0.0364. The maximum Gasteiger partial charge on any atom is 0.224 e. The fourth-order valence-corrected chi connectivity index (χ4v) is 3.56. The number of hydrogen-bond acceptors (Lipinski definition) is 4. The topological polar surface area (TPSA) is 53.7 Å². The zero-order chi connectivity index (χ0) is 19.1. The summed E-state index contributed by atoms with van der Waals surface area (Å²) in [6, 6.07) is 19.1. The van der Waals surface area contributed by atoms with Gasteiger partial charge in [0.25, 0.3) is 0 Å². The average Bonchev–Trinajstić information content (AvgIpc) is 3.17. The molecule has 0 bridgehead atoms. The van der Waals surface area contributed by atoms with E-state index in [-0.39, 0.29) is 11.7 Å². The van der Waals surface area contributed by atoms with E-state index in [1.807, 2.05) is 24.3 Å². The molecule has 0 aliphatic carbocycles. The molecule has 4 nitrogen and oxygen atoms in total. The molecule has 1 aromatic heterocycles. The van der Waals surface area contributed by atoms with Crippen molar-refractivity contribution in [3.8, 4) is 5.75 Å². The Balaban J connectivity index is 1.63. The van der Waals surface area contributed by atoms with Crippen LogP contribution in [0.15, 0.2) is 76.2 Å². The number of aryl methyl sites for hydroxylation is 1. The SMILES string of the molecule is Cc1ccc(SCCC(=O)N(Cc2ccco2)Cc2ccccc2O)cc1. The number of aromatic hydroxyl groups is 1. The van der Waals surface area contributed by atoms with E-state index in [4.69, 9.17) is 4.42 Å². The average molecular weight is 381 g/mol. The molecule has 1 heterocycles. The molecule has 2 aromatic carbocycles. The Morgan fingerprint density at radius 2 is 1.81 bits per heavy atom. The normalized spacial score (nSPS) is 10.7. The molecule has 0 spiro atoms. The van der Waals surface area contributed by atoms with Crippen LogP contribution in [0.3, 0.4) is 0 Å². The molecule has 0 unspecified atom stereocenters. The lowest BCUT2D eigenvalue weighted by molar-refractivity contribution is -0.132. The van der Waals surface area contributed by atoms with Crippen LogP contribution >= 0.6 is 11.8 Å². The van der Waals surface area contributed by atoms with Crippen molar-refractivity contribution in [3.63, 3.8) is 0 Å². The molecule has 0 atom stereocenters. The molecular weight excluding hydrogens is 358 g/mol. The quantitative estimate of drug-likeness (QED) is 0.558. The number of furan rings is 1. The van der Waals surface area contributed by atoms with E-state index in [1.54, 1.807) is 35.1 Å². The van der Waals surface area contributed by atoms with E-state index in [0.29, 0.717) is 25.3 Å². The van der Waals surface area contributed by atoms with E-state index in [1.165, 1.54) is 5.56 Å². The summed E-state index contributed by atoms with van der Waals surface area (Å²) in [4.78, 5) is 15.7. The summed E-state index contributed by atoms with van der Waals surface area (Å²) in [5.74, 6) is 1.67. The lowest BCUT2D eigenvalue weighted by Gasteiger charge is -2.22. The Morgan fingerprint density at radius 1 is 1.04 bits per heavy atom. The number of amides is 1. The fourth-order valence-electron chi connectivity index (χ4n) is 2.72. The number of phenols is 1. The van der Waals surface area contributed by atoms with Crippen LogP contribution in [0, 0.1) is 6.92 Å². The first-order valence-electron chi connectivity index (χ1n) is 8.88. The molecule has 140 valence electrons. The maximum absolute atomic E-state index is 12.8. The summed E-state index contributed by atoms with van der Waals surface area (Å²) in [7, 11) is 0. The molecule has 5 heteroatoms. The monoisotopic (exact) mass is 381 g/mol. The summed E-state index contributed by atoms with van der Waals surface area (Å²) in [5.41, 5.74) is 1.95. The van der Waals surface area contributed by atoms with Crippen molar-refractivity contribution in [1.29, 1.82) is 0 Å². The predicted molar refractivity (Wildman–Crippen MR) is 108 cm³/mol. The van der Waals surface area contributed by atoms with Gasteiger partial charge in [-0.05, 0) is 37.3 Å². The Labute approximate surface area is 163 Å². The highest BCUT2D eigenvalue weighted by molar-refractivity contribution is 7.99. The second-order valence-electron chi connectivity index (χ2n) is 6.37. The zero-order valence-corrected chi connectivity index (χ0v) is 16.1. The summed E-state index contributed by atoms with van der Waals surface area (Å²) >= 11 is 1.67. The van der Waals surface area contributed by atoms with Crippen LogP contribution in [0.5, 0.6) is 5.75 Å². The lowest BCUT2D eigenvalue weighted by Crippen LogP contribution is -2.30. The van der Waals surface area contributed by atoms with Gasteiger partial charge in [0.1, 0.15) is 11.5 Å². The first-order chi connectivity index (χ1) is 13.1. The highest BCUT2D eigenvalue weighted by Gasteiger charge is 2.17. The molecular formula is C22H23NO3S. The van der Waals surface area contributed by atoms with Gasteiger partial charge < -0.3 is 14.4 Å². The molecule has 3 rings (SSSR count). The second kappa shape index (κ2) is 9.33. The van der Waals surface area contributed by atoms with Crippen molar-refractivity contribution >= 4 is 17.7 Å². The van der Waals surface area contributed by atoms with Crippen molar-refractivity contribution in [2.75, 3.05) is 5.75 Å². The highest BCUT2D eigenvalue weighted by Crippen LogP contribution is 2.22. The second-order valence-corrected chi connectivity index (χ2v) is 7.54. The lowest BCUT2D eigenvalue weighted by atomic mass is 10.2. The van der Waals surface area contributed by atoms with Gasteiger partial charge in [0.15, 0.2) is 0 Å². The first-order valence-corrected chi connectivity index (χ1v) is 9.87. The summed E-state index contributed by atoms with van der Waals surface area (Å²) < 4.78 is 5.41. The van der Waals surface area contributed by atoms with Gasteiger partial charge in [-0.3, -0.25) is 4.79 Å². The molecule has 0 saturated carbocycles. The number of carbonyl (C=O) groups excluding carboxylic acids is 1. The number of nitrogens with zero attached hydrogens (tertiary/aromatic N) is 1. The molecule has 0 aliphatic rings. The van der Waals surface area contributed by atoms with Gasteiger partial charge in [-0.2, -0.15) is 0 Å². The van der Waals surface area contributed by atoms with Gasteiger partial charge >= 0.3 is 0 Å². The number of carbonyl (C=O) groups is 1. The van der Waals surface area contributed by atoms with Gasteiger partial charge in [-0.15, -0.1) is 11.8 Å². The van der Waals surface area contributed by atoms with E-state index in [2.05, 4.69) is 31.2 Å². The molecule has 1 N–H and O–H groups in total. The van der Waals surface area contributed by atoms with Crippen LogP contribution in [0.1, 0.15) is 23.3 Å². The Bertz CT molecular complexity index is 860. The minimum Gasteiger partial charge on any atom is -0.508 e. The van der Waals surface area contributed by atoms with Crippen molar-refractivity contribution in [1.82, 2.24) is 4.90 Å². The number of para-hydroxylation sites is 1. The van der Waals surface area contributed by atoms with Crippen LogP contribution in [-0.4, -0.2) is 21.7 Å². The van der Waals surface area contributed by atoms with Crippen LogP contribution in [0.2, 0.25) is 0 Å². The van der Waals surface area contributed by atoms with Crippen LogP contribution < -0.4 is 0 Å². The van der Waals surface area contributed by atoms with E-state index < -0.39 is 0 Å². The highest BCUT2D eigenvalue weighted by atomic mass is 32.2. The maximum atomic E-state index is 12.8. The largest absolute Gasteiger partial charge is 0.508 e. The molecule has 0 radical (unpaired) electrons. The van der Waals surface area contributed by atoms with Crippen molar-refractivity contribution in [3.05, 3.63) is 83.8 Å². The zero-order valence-electron chi connectivity index (χ0n) is 15.3. The molecule has 27 heavy (non-hydrogen) atoms. The van der Waals surface area contributed by atoms with Gasteiger partial charge in [-0.1, -0.05) is 35.9 Å². The van der Waals surface area contributed by atoms with Crippen molar-refractivity contribution in [2.45, 2.75) is 31.3 Å². The fraction of sp³-hybridized carbons (Fsp3) is 0.227. The van der Waals surface area contributed by atoms with Crippen LogP contribution in [0.4, 0.5) is 0 Å².